The zero-order valence-corrected chi connectivity index (χ0v) is 15.9. The van der Waals surface area contributed by atoms with Crippen molar-refractivity contribution in [3.05, 3.63) is 95.8 Å². The maximum atomic E-state index is 5.83. The van der Waals surface area contributed by atoms with E-state index in [0.717, 1.165) is 39.3 Å². The number of rotatable bonds is 4. The predicted molar refractivity (Wildman–Crippen MR) is 114 cm³/mol. The molecule has 0 amide bonds. The number of hydrogen-bond acceptors (Lipinski definition) is 4. The molecule has 0 atom stereocenters. The molecule has 0 bridgehead atoms. The van der Waals surface area contributed by atoms with Crippen molar-refractivity contribution in [3.8, 4) is 17.1 Å². The third-order valence-corrected chi connectivity index (χ3v) is 4.69. The number of benzene rings is 3. The second-order valence-electron chi connectivity index (χ2n) is 6.74. The van der Waals surface area contributed by atoms with Gasteiger partial charge in [0.1, 0.15) is 11.2 Å². The van der Waals surface area contributed by atoms with E-state index >= 15 is 0 Å². The largest absolute Gasteiger partial charge is 0.436 e. The van der Waals surface area contributed by atoms with Crippen LogP contribution in [0.25, 0.3) is 40.4 Å². The van der Waals surface area contributed by atoms with Crippen molar-refractivity contribution in [1.29, 1.82) is 0 Å². The maximum Gasteiger partial charge on any atom is 0.227 e. The maximum absolute atomic E-state index is 5.83. The molecule has 0 N–H and O–H groups in total. The molecule has 0 spiro atoms. The lowest BCUT2D eigenvalue weighted by Crippen LogP contribution is -1.98. The van der Waals surface area contributed by atoms with Crippen LogP contribution in [0.4, 0.5) is 0 Å². The summed E-state index contributed by atoms with van der Waals surface area (Å²) in [4.78, 5) is 6.20. The number of hydrogen-bond donors (Lipinski definition) is 0. The fourth-order valence-electron chi connectivity index (χ4n) is 3.13. The van der Waals surface area contributed by atoms with Crippen LogP contribution in [-0.2, 0) is 0 Å². The lowest BCUT2D eigenvalue weighted by atomic mass is 10.1. The Morgan fingerprint density at radius 2 is 1.55 bits per heavy atom. The molecule has 0 saturated heterocycles. The number of aromatic nitrogens is 4. The van der Waals surface area contributed by atoms with Gasteiger partial charge in [-0.25, -0.2) is 4.98 Å². The van der Waals surface area contributed by atoms with Crippen molar-refractivity contribution in [2.45, 2.75) is 6.92 Å². The molecular weight excluding hydrogens is 360 g/mol. The highest BCUT2D eigenvalue weighted by molar-refractivity contribution is 5.76. The van der Waals surface area contributed by atoms with Crippen LogP contribution in [0.5, 0.6) is 0 Å². The van der Waals surface area contributed by atoms with Crippen LogP contribution in [0, 0.1) is 6.92 Å². The molecule has 0 saturated carbocycles. The second kappa shape index (κ2) is 7.20. The first-order valence-corrected chi connectivity index (χ1v) is 9.40. The Morgan fingerprint density at radius 3 is 2.34 bits per heavy atom. The third kappa shape index (κ3) is 3.46. The minimum atomic E-state index is 0.628. The molecule has 0 aliphatic rings. The van der Waals surface area contributed by atoms with Gasteiger partial charge in [0.2, 0.25) is 5.89 Å². The first kappa shape index (κ1) is 17.1. The molecule has 140 valence electrons. The summed E-state index contributed by atoms with van der Waals surface area (Å²) in [5, 5.41) is 9.08. The van der Waals surface area contributed by atoms with E-state index in [4.69, 9.17) is 4.42 Å². The molecule has 2 aromatic heterocycles. The molecular formula is C24H18N4O. The van der Waals surface area contributed by atoms with Gasteiger partial charge in [-0.1, -0.05) is 48.5 Å². The van der Waals surface area contributed by atoms with Gasteiger partial charge in [-0.15, -0.1) is 5.10 Å². The molecule has 2 heterocycles. The van der Waals surface area contributed by atoms with E-state index in [1.54, 1.807) is 4.80 Å². The summed E-state index contributed by atoms with van der Waals surface area (Å²) in [6, 6.07) is 25.8. The van der Waals surface area contributed by atoms with Crippen molar-refractivity contribution in [2.75, 3.05) is 0 Å². The highest BCUT2D eigenvalue weighted by atomic mass is 16.3. The zero-order valence-electron chi connectivity index (χ0n) is 15.9. The van der Waals surface area contributed by atoms with Crippen LogP contribution in [0.2, 0.25) is 0 Å². The Hall–Kier alpha value is -3.99. The van der Waals surface area contributed by atoms with Crippen LogP contribution in [0.1, 0.15) is 17.0 Å². The molecule has 0 unspecified atom stereocenters. The summed E-state index contributed by atoms with van der Waals surface area (Å²) >= 11 is 0. The number of nitrogens with zero attached hydrogens (tertiary/aromatic N) is 4. The van der Waals surface area contributed by atoms with Gasteiger partial charge in [0.25, 0.3) is 0 Å². The Kier molecular flexibility index (Phi) is 4.26. The van der Waals surface area contributed by atoms with E-state index < -0.39 is 0 Å². The van der Waals surface area contributed by atoms with E-state index in [1.165, 1.54) is 0 Å². The van der Waals surface area contributed by atoms with Gasteiger partial charge in [-0.05, 0) is 55.0 Å². The summed E-state index contributed by atoms with van der Waals surface area (Å²) in [6.45, 7) is 1.96. The lowest BCUT2D eigenvalue weighted by molar-refractivity contribution is 0.620. The molecule has 3 aromatic carbocycles. The van der Waals surface area contributed by atoms with E-state index in [0.29, 0.717) is 5.89 Å². The second-order valence-corrected chi connectivity index (χ2v) is 6.74. The molecule has 29 heavy (non-hydrogen) atoms. The lowest BCUT2D eigenvalue weighted by Gasteiger charge is -1.97. The van der Waals surface area contributed by atoms with Crippen molar-refractivity contribution in [1.82, 2.24) is 20.0 Å². The van der Waals surface area contributed by atoms with E-state index in [2.05, 4.69) is 15.2 Å². The monoisotopic (exact) mass is 378 g/mol. The van der Waals surface area contributed by atoms with Gasteiger partial charge in [0, 0.05) is 5.56 Å². The van der Waals surface area contributed by atoms with Crippen LogP contribution in [0.3, 0.4) is 0 Å². The molecule has 0 aliphatic carbocycles. The van der Waals surface area contributed by atoms with Gasteiger partial charge >= 0.3 is 0 Å². The average Bonchev–Trinajstić information content (AvgIpc) is 3.37. The normalized spacial score (nSPS) is 11.5. The van der Waals surface area contributed by atoms with Crippen molar-refractivity contribution in [2.24, 2.45) is 0 Å². The summed E-state index contributed by atoms with van der Waals surface area (Å²) < 4.78 is 5.83. The fourth-order valence-corrected chi connectivity index (χ4v) is 3.13. The summed E-state index contributed by atoms with van der Waals surface area (Å²) in [6.07, 6.45) is 4.01. The third-order valence-electron chi connectivity index (χ3n) is 4.69. The van der Waals surface area contributed by atoms with E-state index in [9.17, 15) is 0 Å². The molecule has 5 nitrogen and oxygen atoms in total. The first-order valence-electron chi connectivity index (χ1n) is 9.40. The van der Waals surface area contributed by atoms with E-state index in [-0.39, 0.29) is 0 Å². The summed E-state index contributed by atoms with van der Waals surface area (Å²) in [5.41, 5.74) is 6.35. The molecule has 0 fully saturated rings. The van der Waals surface area contributed by atoms with Crippen molar-refractivity contribution in [3.63, 3.8) is 0 Å². The quantitative estimate of drug-likeness (QED) is 0.411. The molecule has 5 heteroatoms. The number of para-hydroxylation sites is 3. The summed E-state index contributed by atoms with van der Waals surface area (Å²) in [5.74, 6) is 0.628. The van der Waals surface area contributed by atoms with Gasteiger partial charge in [-0.2, -0.15) is 9.90 Å². The van der Waals surface area contributed by atoms with Crippen molar-refractivity contribution >= 4 is 23.3 Å². The number of aryl methyl sites for hydroxylation is 1. The van der Waals surface area contributed by atoms with Gasteiger partial charge < -0.3 is 4.42 Å². The molecule has 0 radical (unpaired) electrons. The van der Waals surface area contributed by atoms with Gasteiger partial charge in [0.15, 0.2) is 5.58 Å². The zero-order chi connectivity index (χ0) is 19.6. The van der Waals surface area contributed by atoms with Crippen molar-refractivity contribution < 1.29 is 4.42 Å². The highest BCUT2D eigenvalue weighted by Gasteiger charge is 2.08. The van der Waals surface area contributed by atoms with Gasteiger partial charge in [0.05, 0.1) is 11.4 Å². The number of fused-ring (bicyclic) bond motifs is 1. The Labute approximate surface area is 167 Å². The molecule has 0 aliphatic heterocycles. The van der Waals surface area contributed by atoms with Crippen LogP contribution in [0.15, 0.2) is 83.3 Å². The minimum Gasteiger partial charge on any atom is -0.436 e. The predicted octanol–water partition coefficient (Wildman–Crippen LogP) is 5.55. The van der Waals surface area contributed by atoms with Crippen LogP contribution < -0.4 is 0 Å². The Balaban J connectivity index is 1.37. The van der Waals surface area contributed by atoms with Crippen LogP contribution >= 0.6 is 0 Å². The average molecular weight is 378 g/mol. The fraction of sp³-hybridized carbons (Fsp3) is 0.0417. The molecule has 5 rings (SSSR count). The standard InChI is InChI=1S/C24H18N4O/c1-17-21(27-28(26-17)20-7-3-2-4-8-20)16-13-18-11-14-19(15-12-18)24-25-22-9-5-6-10-23(22)29-24/h2-16H,1H3. The smallest absolute Gasteiger partial charge is 0.227 e. The summed E-state index contributed by atoms with van der Waals surface area (Å²) in [7, 11) is 0. The van der Waals surface area contributed by atoms with Gasteiger partial charge in [-0.3, -0.25) is 0 Å². The van der Waals surface area contributed by atoms with E-state index in [1.807, 2.05) is 97.9 Å². The Bertz CT molecular complexity index is 1270. The number of oxazole rings is 1. The Morgan fingerprint density at radius 1 is 0.793 bits per heavy atom. The highest BCUT2D eigenvalue weighted by Crippen LogP contribution is 2.24. The molecule has 5 aromatic rings. The first-order chi connectivity index (χ1) is 14.3. The SMILES string of the molecule is Cc1nn(-c2ccccc2)nc1C=Cc1ccc(-c2nc3ccccc3o2)cc1. The minimum absolute atomic E-state index is 0.628. The van der Waals surface area contributed by atoms with Crippen LogP contribution in [-0.4, -0.2) is 20.0 Å². The topological polar surface area (TPSA) is 56.7 Å².